The molecule has 1 aromatic heterocycles. The number of nitrogens with zero attached hydrogens (tertiary/aromatic N) is 1. The number of aromatic amines is 1. The maximum Gasteiger partial charge on any atom is 0.125 e. The Kier molecular flexibility index (Phi) is 3.49. The third-order valence-corrected chi connectivity index (χ3v) is 4.65. The predicted molar refractivity (Wildman–Crippen MR) is 100 cm³/mol. The molecule has 0 amide bonds. The molecule has 0 radical (unpaired) electrons. The van der Waals surface area contributed by atoms with E-state index >= 15 is 0 Å². The molecular formula is C21H20N2O. The van der Waals surface area contributed by atoms with E-state index < -0.39 is 0 Å². The van der Waals surface area contributed by atoms with E-state index in [1.165, 1.54) is 22.0 Å². The molecule has 0 saturated heterocycles. The average molecular weight is 316 g/mol. The Labute approximate surface area is 141 Å². The van der Waals surface area contributed by atoms with Gasteiger partial charge in [-0.25, -0.2) is 0 Å². The fourth-order valence-corrected chi connectivity index (χ4v) is 3.34. The number of phenols is 1. The molecule has 1 aliphatic heterocycles. The van der Waals surface area contributed by atoms with Crippen molar-refractivity contribution >= 4 is 22.7 Å². The van der Waals surface area contributed by atoms with Gasteiger partial charge in [0, 0.05) is 23.0 Å². The molecule has 0 spiro atoms. The van der Waals surface area contributed by atoms with Crippen LogP contribution in [0, 0.1) is 13.8 Å². The molecule has 0 aliphatic carbocycles. The summed E-state index contributed by atoms with van der Waals surface area (Å²) >= 11 is 0. The van der Waals surface area contributed by atoms with Crippen LogP contribution in [0.3, 0.4) is 0 Å². The molecule has 2 heterocycles. The van der Waals surface area contributed by atoms with E-state index in [0.29, 0.717) is 5.75 Å². The topological polar surface area (TPSA) is 48.4 Å². The van der Waals surface area contributed by atoms with Gasteiger partial charge in [-0.2, -0.15) is 0 Å². The minimum Gasteiger partial charge on any atom is -0.507 e. The summed E-state index contributed by atoms with van der Waals surface area (Å²) in [4.78, 5) is 8.20. The molecule has 0 saturated carbocycles. The molecule has 4 rings (SSSR count). The highest BCUT2D eigenvalue weighted by Gasteiger charge is 2.18. The van der Waals surface area contributed by atoms with Crippen LogP contribution in [0.2, 0.25) is 0 Å². The van der Waals surface area contributed by atoms with Crippen molar-refractivity contribution in [2.75, 3.05) is 6.54 Å². The molecule has 3 heteroatoms. The van der Waals surface area contributed by atoms with Gasteiger partial charge in [0.15, 0.2) is 0 Å². The second kappa shape index (κ2) is 5.68. The van der Waals surface area contributed by atoms with Crippen LogP contribution in [0.15, 0.2) is 47.5 Å². The Hall–Kier alpha value is -2.81. The number of aromatic nitrogens is 1. The zero-order valence-electron chi connectivity index (χ0n) is 13.9. The van der Waals surface area contributed by atoms with Crippen LogP contribution in [-0.2, 0) is 6.42 Å². The Balaban J connectivity index is 1.76. The largest absolute Gasteiger partial charge is 0.507 e. The van der Waals surface area contributed by atoms with Gasteiger partial charge in [-0.05, 0) is 55.2 Å². The lowest BCUT2D eigenvalue weighted by Gasteiger charge is -2.10. The van der Waals surface area contributed by atoms with Crippen LogP contribution >= 0.6 is 0 Å². The van der Waals surface area contributed by atoms with Crippen LogP contribution in [0.5, 0.6) is 5.75 Å². The van der Waals surface area contributed by atoms with Crippen molar-refractivity contribution in [1.82, 2.24) is 4.98 Å². The summed E-state index contributed by atoms with van der Waals surface area (Å²) < 4.78 is 0. The van der Waals surface area contributed by atoms with E-state index in [9.17, 15) is 5.11 Å². The Bertz CT molecular complexity index is 992. The van der Waals surface area contributed by atoms with Crippen LogP contribution in [0.1, 0.15) is 27.9 Å². The summed E-state index contributed by atoms with van der Waals surface area (Å²) in [6.07, 6.45) is 4.90. The van der Waals surface area contributed by atoms with Gasteiger partial charge in [0.25, 0.3) is 0 Å². The summed E-state index contributed by atoms with van der Waals surface area (Å²) in [6, 6.07) is 12.3. The normalized spacial score (nSPS) is 14.2. The molecule has 0 unspecified atom stereocenters. The number of H-pyrrole nitrogens is 1. The summed E-state index contributed by atoms with van der Waals surface area (Å²) in [5, 5.41) is 11.5. The highest BCUT2D eigenvalue weighted by molar-refractivity contribution is 6.14. The number of rotatable bonds is 2. The van der Waals surface area contributed by atoms with Gasteiger partial charge < -0.3 is 10.1 Å². The number of hydrogen-bond acceptors (Lipinski definition) is 2. The zero-order chi connectivity index (χ0) is 16.7. The number of aryl methyl sites for hydroxylation is 2. The van der Waals surface area contributed by atoms with Crippen molar-refractivity contribution in [3.05, 3.63) is 70.4 Å². The number of para-hydroxylation sites is 1. The van der Waals surface area contributed by atoms with Crippen molar-refractivity contribution < 1.29 is 5.11 Å². The monoisotopic (exact) mass is 316 g/mol. The van der Waals surface area contributed by atoms with E-state index in [2.05, 4.69) is 35.1 Å². The van der Waals surface area contributed by atoms with Crippen molar-refractivity contribution in [2.24, 2.45) is 4.99 Å². The highest BCUT2D eigenvalue weighted by Crippen LogP contribution is 2.28. The van der Waals surface area contributed by atoms with Crippen molar-refractivity contribution in [2.45, 2.75) is 20.3 Å². The first kappa shape index (κ1) is 14.8. The number of allylic oxidation sites excluding steroid dienone is 1. The second-order valence-electron chi connectivity index (χ2n) is 6.39. The van der Waals surface area contributed by atoms with Crippen LogP contribution in [0.4, 0.5) is 0 Å². The van der Waals surface area contributed by atoms with Gasteiger partial charge in [0.05, 0.1) is 11.4 Å². The van der Waals surface area contributed by atoms with E-state index in [1.54, 1.807) is 0 Å². The molecule has 0 bridgehead atoms. The van der Waals surface area contributed by atoms with Gasteiger partial charge in [-0.3, -0.25) is 4.99 Å². The first-order chi connectivity index (χ1) is 11.6. The fraction of sp³-hybridized carbons (Fsp3) is 0.190. The van der Waals surface area contributed by atoms with Crippen LogP contribution in [-0.4, -0.2) is 22.3 Å². The van der Waals surface area contributed by atoms with Gasteiger partial charge in [0.2, 0.25) is 0 Å². The number of nitrogens with one attached hydrogen (secondary N) is 1. The summed E-state index contributed by atoms with van der Waals surface area (Å²) in [6.45, 7) is 4.81. The van der Waals surface area contributed by atoms with Crippen molar-refractivity contribution in [1.29, 1.82) is 0 Å². The van der Waals surface area contributed by atoms with Gasteiger partial charge in [-0.15, -0.1) is 0 Å². The van der Waals surface area contributed by atoms with Gasteiger partial charge in [0.1, 0.15) is 5.75 Å². The van der Waals surface area contributed by atoms with E-state index in [0.717, 1.165) is 35.5 Å². The summed E-state index contributed by atoms with van der Waals surface area (Å²) in [5.41, 5.74) is 7.51. The number of aliphatic imine (C=N–C) groups is 1. The molecule has 3 aromatic rings. The third kappa shape index (κ3) is 2.42. The minimum absolute atomic E-state index is 0.331. The lowest BCUT2D eigenvalue weighted by Crippen LogP contribution is -2.09. The van der Waals surface area contributed by atoms with Gasteiger partial charge >= 0.3 is 0 Å². The maximum atomic E-state index is 10.2. The quantitative estimate of drug-likeness (QED) is 0.716. The molecule has 3 nitrogen and oxygen atoms in total. The minimum atomic E-state index is 0.331. The second-order valence-corrected chi connectivity index (χ2v) is 6.39. The van der Waals surface area contributed by atoms with E-state index in [4.69, 9.17) is 0 Å². The molecule has 2 aromatic carbocycles. The molecule has 1 aliphatic rings. The SMILES string of the molecule is Cc1ccc2c3c([nH]c2c1)C(C=Cc1cccc(C)c1O)=NCC3. The van der Waals surface area contributed by atoms with Crippen molar-refractivity contribution in [3.63, 3.8) is 0 Å². The smallest absolute Gasteiger partial charge is 0.125 e. The van der Waals surface area contributed by atoms with E-state index in [1.807, 2.05) is 37.3 Å². The standard InChI is InChI=1S/C21H20N2O/c1-13-6-8-16-17-10-11-22-18(20(17)23-19(16)12-13)9-7-15-5-3-4-14(2)21(15)24/h3-9,12,23-24H,10-11H2,1-2H3. The summed E-state index contributed by atoms with van der Waals surface area (Å²) in [7, 11) is 0. The number of hydrogen-bond donors (Lipinski definition) is 2. The van der Waals surface area contributed by atoms with Crippen molar-refractivity contribution in [3.8, 4) is 5.75 Å². The molecule has 120 valence electrons. The Morgan fingerprint density at radius 3 is 2.88 bits per heavy atom. The lowest BCUT2D eigenvalue weighted by atomic mass is 10.0. The number of fused-ring (bicyclic) bond motifs is 3. The fourth-order valence-electron chi connectivity index (χ4n) is 3.34. The summed E-state index contributed by atoms with van der Waals surface area (Å²) in [5.74, 6) is 0.331. The third-order valence-electron chi connectivity index (χ3n) is 4.65. The molecule has 24 heavy (non-hydrogen) atoms. The zero-order valence-corrected chi connectivity index (χ0v) is 13.9. The number of benzene rings is 2. The van der Waals surface area contributed by atoms with Crippen LogP contribution < -0.4 is 0 Å². The average Bonchev–Trinajstić information content (AvgIpc) is 2.94. The first-order valence-corrected chi connectivity index (χ1v) is 8.26. The van der Waals surface area contributed by atoms with Gasteiger partial charge in [-0.1, -0.05) is 30.3 Å². The predicted octanol–water partition coefficient (Wildman–Crippen LogP) is 4.55. The molecule has 0 fully saturated rings. The Morgan fingerprint density at radius 1 is 1.12 bits per heavy atom. The number of phenolic OH excluding ortho intramolecular Hbond substituents is 1. The maximum absolute atomic E-state index is 10.2. The highest BCUT2D eigenvalue weighted by atomic mass is 16.3. The first-order valence-electron chi connectivity index (χ1n) is 8.26. The van der Waals surface area contributed by atoms with E-state index in [-0.39, 0.29) is 0 Å². The molecular weight excluding hydrogens is 296 g/mol. The lowest BCUT2D eigenvalue weighted by molar-refractivity contribution is 0.470. The van der Waals surface area contributed by atoms with Crippen LogP contribution in [0.25, 0.3) is 17.0 Å². The Morgan fingerprint density at radius 2 is 2.00 bits per heavy atom. The molecule has 0 atom stereocenters. The molecule has 2 N–H and O–H groups in total. The number of aromatic hydroxyl groups is 1.